The van der Waals surface area contributed by atoms with E-state index in [1.807, 2.05) is 0 Å². The minimum absolute atomic E-state index is 0.0431. The van der Waals surface area contributed by atoms with Gasteiger partial charge >= 0.3 is 6.36 Å². The van der Waals surface area contributed by atoms with E-state index < -0.39 is 23.5 Å². The van der Waals surface area contributed by atoms with Crippen LogP contribution in [0.25, 0.3) is 22.4 Å². The van der Waals surface area contributed by atoms with Gasteiger partial charge in [-0.15, -0.1) is 13.2 Å². The summed E-state index contributed by atoms with van der Waals surface area (Å²) in [6, 6.07) is 4.80. The molecule has 0 fully saturated rings. The van der Waals surface area contributed by atoms with Crippen molar-refractivity contribution in [2.75, 3.05) is 0 Å². The van der Waals surface area contributed by atoms with Crippen LogP contribution in [0.3, 0.4) is 0 Å². The molecule has 3 aromatic rings. The average Bonchev–Trinajstić information content (AvgIpc) is 3.07. The highest BCUT2D eigenvalue weighted by Gasteiger charge is 2.31. The molecule has 0 unspecified atom stereocenters. The SMILES string of the molecule is C=C/C(F)=C\C=C(/C)c1cn(-c2ccc(OC(F)(F)F)cc2)c(=O)c2nc(C)oc12. The maximum Gasteiger partial charge on any atom is 0.573 e. The van der Waals surface area contributed by atoms with Gasteiger partial charge in [0.1, 0.15) is 11.6 Å². The molecular formula is C21H16F4N2O3. The number of pyridine rings is 1. The minimum Gasteiger partial charge on any atom is -0.440 e. The van der Waals surface area contributed by atoms with Gasteiger partial charge in [-0.25, -0.2) is 9.37 Å². The smallest absolute Gasteiger partial charge is 0.440 e. The molecule has 156 valence electrons. The molecule has 0 saturated carbocycles. The number of oxazole rings is 1. The lowest BCUT2D eigenvalue weighted by molar-refractivity contribution is -0.274. The van der Waals surface area contributed by atoms with Gasteiger partial charge in [-0.1, -0.05) is 12.7 Å². The van der Waals surface area contributed by atoms with Gasteiger partial charge in [0.25, 0.3) is 5.56 Å². The number of allylic oxidation sites excluding steroid dienone is 5. The Balaban J connectivity index is 2.15. The van der Waals surface area contributed by atoms with E-state index in [0.29, 0.717) is 16.8 Å². The molecule has 1 aromatic carbocycles. The largest absolute Gasteiger partial charge is 0.573 e. The minimum atomic E-state index is -4.82. The van der Waals surface area contributed by atoms with Crippen LogP contribution in [0.5, 0.6) is 5.75 Å². The number of fused-ring (bicyclic) bond motifs is 1. The number of nitrogens with zero attached hydrogens (tertiary/aromatic N) is 2. The first-order chi connectivity index (χ1) is 14.1. The Labute approximate surface area is 168 Å². The van der Waals surface area contributed by atoms with Crippen molar-refractivity contribution in [3.05, 3.63) is 82.9 Å². The van der Waals surface area contributed by atoms with Gasteiger partial charge < -0.3 is 9.15 Å². The van der Waals surface area contributed by atoms with Crippen LogP contribution < -0.4 is 10.3 Å². The standard InChI is InChI=1S/C21H16F4N2O3/c1-4-14(22)6-5-12(2)17-11-27(20(28)18-19(17)29-13(3)26-18)15-7-9-16(10-8-15)30-21(23,24)25/h4-11H,1H2,2-3H3/b12-5+,14-6+. The zero-order valence-corrected chi connectivity index (χ0v) is 16.0. The lowest BCUT2D eigenvalue weighted by Crippen LogP contribution is -2.19. The molecule has 0 radical (unpaired) electrons. The predicted molar refractivity (Wildman–Crippen MR) is 104 cm³/mol. The molecule has 30 heavy (non-hydrogen) atoms. The third-order valence-corrected chi connectivity index (χ3v) is 4.12. The van der Waals surface area contributed by atoms with Crippen molar-refractivity contribution in [3.63, 3.8) is 0 Å². The summed E-state index contributed by atoms with van der Waals surface area (Å²) in [6.45, 7) is 6.60. The molecule has 0 N–H and O–H groups in total. The second-order valence-corrected chi connectivity index (χ2v) is 6.28. The van der Waals surface area contributed by atoms with Crippen molar-refractivity contribution in [1.82, 2.24) is 9.55 Å². The lowest BCUT2D eigenvalue weighted by Gasteiger charge is -2.12. The Morgan fingerprint density at radius 2 is 1.90 bits per heavy atom. The summed E-state index contributed by atoms with van der Waals surface area (Å²) in [4.78, 5) is 17.0. The Bertz CT molecular complexity index is 1220. The molecule has 0 atom stereocenters. The number of ether oxygens (including phenoxy) is 1. The summed E-state index contributed by atoms with van der Waals surface area (Å²) in [5, 5.41) is 0. The molecule has 9 heteroatoms. The zero-order chi connectivity index (χ0) is 22.1. The van der Waals surface area contributed by atoms with Crippen molar-refractivity contribution in [3.8, 4) is 11.4 Å². The van der Waals surface area contributed by atoms with E-state index in [1.165, 1.54) is 35.0 Å². The van der Waals surface area contributed by atoms with Crippen molar-refractivity contribution in [2.45, 2.75) is 20.2 Å². The summed E-state index contributed by atoms with van der Waals surface area (Å²) in [5.74, 6) is -0.706. The normalized spacial score (nSPS) is 13.0. The Hall–Kier alpha value is -3.62. The summed E-state index contributed by atoms with van der Waals surface area (Å²) >= 11 is 0. The summed E-state index contributed by atoms with van der Waals surface area (Å²) in [6.07, 6.45) is 0.373. The molecule has 0 amide bonds. The lowest BCUT2D eigenvalue weighted by atomic mass is 10.1. The molecule has 0 aliphatic carbocycles. The second-order valence-electron chi connectivity index (χ2n) is 6.28. The number of aryl methyl sites for hydroxylation is 1. The van der Waals surface area contributed by atoms with Crippen LogP contribution in [0, 0.1) is 6.92 Å². The Morgan fingerprint density at radius 1 is 1.23 bits per heavy atom. The molecule has 0 aliphatic rings. The maximum atomic E-state index is 13.4. The highest BCUT2D eigenvalue weighted by Crippen LogP contribution is 2.27. The number of benzene rings is 1. The van der Waals surface area contributed by atoms with E-state index >= 15 is 0 Å². The number of hydrogen-bond acceptors (Lipinski definition) is 4. The number of rotatable bonds is 5. The fraction of sp³-hybridized carbons (Fsp3) is 0.143. The molecule has 0 bridgehead atoms. The Kier molecular flexibility index (Phi) is 5.64. The van der Waals surface area contributed by atoms with E-state index in [-0.39, 0.29) is 17.0 Å². The number of halogens is 4. The van der Waals surface area contributed by atoms with Crippen LogP contribution >= 0.6 is 0 Å². The number of alkyl halides is 3. The highest BCUT2D eigenvalue weighted by atomic mass is 19.4. The molecule has 2 heterocycles. The van der Waals surface area contributed by atoms with Gasteiger partial charge in [-0.2, -0.15) is 0 Å². The fourth-order valence-electron chi connectivity index (χ4n) is 2.76. The third kappa shape index (κ3) is 4.51. The van der Waals surface area contributed by atoms with Crippen molar-refractivity contribution < 1.29 is 26.7 Å². The van der Waals surface area contributed by atoms with E-state index in [0.717, 1.165) is 18.2 Å². The van der Waals surface area contributed by atoms with Crippen LogP contribution in [0.2, 0.25) is 0 Å². The number of aromatic nitrogens is 2. The summed E-state index contributed by atoms with van der Waals surface area (Å²) in [7, 11) is 0. The van der Waals surface area contributed by atoms with E-state index in [2.05, 4.69) is 16.3 Å². The molecule has 3 rings (SSSR count). The second kappa shape index (κ2) is 8.02. The van der Waals surface area contributed by atoms with E-state index in [4.69, 9.17) is 4.42 Å². The molecular weight excluding hydrogens is 404 g/mol. The van der Waals surface area contributed by atoms with Gasteiger partial charge in [0.2, 0.25) is 0 Å². The zero-order valence-electron chi connectivity index (χ0n) is 16.0. The topological polar surface area (TPSA) is 57.3 Å². The summed E-state index contributed by atoms with van der Waals surface area (Å²) in [5.41, 5.74) is 1.08. The van der Waals surface area contributed by atoms with Crippen LogP contribution in [0.15, 0.2) is 70.3 Å². The molecule has 0 aliphatic heterocycles. The monoisotopic (exact) mass is 420 g/mol. The van der Waals surface area contributed by atoms with E-state index in [9.17, 15) is 22.4 Å². The van der Waals surface area contributed by atoms with Crippen molar-refractivity contribution in [1.29, 1.82) is 0 Å². The third-order valence-electron chi connectivity index (χ3n) is 4.12. The van der Waals surface area contributed by atoms with Crippen molar-refractivity contribution in [2.24, 2.45) is 0 Å². The van der Waals surface area contributed by atoms with Gasteiger partial charge in [0.15, 0.2) is 17.0 Å². The number of hydrogen-bond donors (Lipinski definition) is 0. The highest BCUT2D eigenvalue weighted by molar-refractivity contribution is 5.86. The van der Waals surface area contributed by atoms with Crippen LogP contribution in [0.1, 0.15) is 18.4 Å². The van der Waals surface area contributed by atoms with E-state index in [1.54, 1.807) is 13.8 Å². The molecule has 2 aromatic heterocycles. The van der Waals surface area contributed by atoms with Gasteiger partial charge in [-0.05, 0) is 48.9 Å². The molecule has 5 nitrogen and oxygen atoms in total. The summed E-state index contributed by atoms with van der Waals surface area (Å²) < 4.78 is 61.1. The molecule has 0 saturated heterocycles. The quantitative estimate of drug-likeness (QED) is 0.397. The molecule has 0 spiro atoms. The van der Waals surface area contributed by atoms with Crippen molar-refractivity contribution >= 4 is 16.7 Å². The van der Waals surface area contributed by atoms with Gasteiger partial charge in [0.05, 0.1) is 0 Å². The first-order valence-electron chi connectivity index (χ1n) is 8.65. The van der Waals surface area contributed by atoms with Gasteiger partial charge in [0, 0.05) is 24.4 Å². The fourth-order valence-corrected chi connectivity index (χ4v) is 2.76. The van der Waals surface area contributed by atoms with Crippen LogP contribution in [0.4, 0.5) is 17.6 Å². The average molecular weight is 420 g/mol. The predicted octanol–water partition coefficient (Wildman–Crippen LogP) is 5.63. The van der Waals surface area contributed by atoms with Crippen LogP contribution in [-0.4, -0.2) is 15.9 Å². The first-order valence-corrected chi connectivity index (χ1v) is 8.65. The first kappa shape index (κ1) is 21.1. The maximum absolute atomic E-state index is 13.4. The van der Waals surface area contributed by atoms with Gasteiger partial charge in [-0.3, -0.25) is 9.36 Å². The Morgan fingerprint density at radius 3 is 2.50 bits per heavy atom. The van der Waals surface area contributed by atoms with Crippen LogP contribution in [-0.2, 0) is 0 Å².